The Morgan fingerprint density at radius 3 is 2.84 bits per heavy atom. The molecule has 0 aliphatic carbocycles. The lowest BCUT2D eigenvalue weighted by atomic mass is 10.2. The minimum absolute atomic E-state index is 0. The highest BCUT2D eigenvalue weighted by molar-refractivity contribution is 7.99. The number of nitrogens with zero attached hydrogens (tertiary/aromatic N) is 5. The second-order valence-corrected chi connectivity index (χ2v) is 6.71. The van der Waals surface area contributed by atoms with Gasteiger partial charge in [-0.15, -0.1) is 12.4 Å². The number of likely N-dealkylation sites (N-methyl/N-ethyl adjacent to an activating group) is 1. The first-order valence-corrected chi connectivity index (χ1v) is 8.57. The standard InChI is InChI=1S/C15H17ClN6OS.ClH/c1-9(17-2)6-12-20-13(23-21-12)10-7-11(16)14(19-8-10)24-15-18-4-5-22(15)3;/h4-5,7-9,17H,6H2,1-3H3;1H. The molecule has 0 amide bonds. The molecule has 25 heavy (non-hydrogen) atoms. The molecular formula is C15H18Cl2N6OS. The zero-order valence-corrected chi connectivity index (χ0v) is 16.3. The van der Waals surface area contributed by atoms with Crippen LogP contribution in [-0.2, 0) is 13.5 Å². The van der Waals surface area contributed by atoms with Crippen LogP contribution in [0.25, 0.3) is 11.5 Å². The van der Waals surface area contributed by atoms with E-state index < -0.39 is 0 Å². The van der Waals surface area contributed by atoms with Gasteiger partial charge in [0.2, 0.25) is 0 Å². The summed E-state index contributed by atoms with van der Waals surface area (Å²) in [6, 6.07) is 2.05. The lowest BCUT2D eigenvalue weighted by molar-refractivity contribution is 0.418. The maximum Gasteiger partial charge on any atom is 0.259 e. The van der Waals surface area contributed by atoms with Crippen LogP contribution in [0.15, 0.2) is 39.4 Å². The topological polar surface area (TPSA) is 81.7 Å². The largest absolute Gasteiger partial charge is 0.334 e. The summed E-state index contributed by atoms with van der Waals surface area (Å²) in [5.74, 6) is 1.06. The third-order valence-electron chi connectivity index (χ3n) is 3.47. The van der Waals surface area contributed by atoms with Crippen LogP contribution in [-0.4, -0.2) is 37.8 Å². The van der Waals surface area contributed by atoms with Crippen molar-refractivity contribution >= 4 is 35.8 Å². The molecule has 10 heteroatoms. The zero-order chi connectivity index (χ0) is 17.1. The average Bonchev–Trinajstić information content (AvgIpc) is 3.19. The highest BCUT2D eigenvalue weighted by Crippen LogP contribution is 2.32. The van der Waals surface area contributed by atoms with Crippen LogP contribution >= 0.6 is 35.8 Å². The number of aryl methyl sites for hydroxylation is 1. The molecular weight excluding hydrogens is 383 g/mol. The first-order chi connectivity index (χ1) is 11.6. The van der Waals surface area contributed by atoms with Crippen molar-refractivity contribution in [1.29, 1.82) is 0 Å². The quantitative estimate of drug-likeness (QED) is 0.679. The number of rotatable bonds is 6. The van der Waals surface area contributed by atoms with Gasteiger partial charge in [-0.2, -0.15) is 4.98 Å². The van der Waals surface area contributed by atoms with Crippen LogP contribution in [0.5, 0.6) is 0 Å². The molecule has 1 atom stereocenters. The third-order valence-corrected chi connectivity index (χ3v) is 4.96. The number of imidazole rings is 1. The maximum absolute atomic E-state index is 6.34. The van der Waals surface area contributed by atoms with Crippen molar-refractivity contribution in [2.24, 2.45) is 7.05 Å². The smallest absolute Gasteiger partial charge is 0.259 e. The molecule has 0 aliphatic rings. The highest BCUT2D eigenvalue weighted by Gasteiger charge is 2.14. The lowest BCUT2D eigenvalue weighted by Crippen LogP contribution is -2.24. The van der Waals surface area contributed by atoms with E-state index in [4.69, 9.17) is 16.1 Å². The van der Waals surface area contributed by atoms with Crippen molar-refractivity contribution in [2.45, 2.75) is 29.6 Å². The van der Waals surface area contributed by atoms with Crippen molar-refractivity contribution in [2.75, 3.05) is 7.05 Å². The third kappa shape index (κ3) is 4.72. The van der Waals surface area contributed by atoms with Crippen molar-refractivity contribution < 1.29 is 4.52 Å². The van der Waals surface area contributed by atoms with E-state index in [1.165, 1.54) is 11.8 Å². The lowest BCUT2D eigenvalue weighted by Gasteiger charge is -2.05. The van der Waals surface area contributed by atoms with Crippen LogP contribution in [0, 0.1) is 0 Å². The summed E-state index contributed by atoms with van der Waals surface area (Å²) in [7, 11) is 3.82. The summed E-state index contributed by atoms with van der Waals surface area (Å²) in [6.45, 7) is 2.05. The molecule has 0 aliphatic heterocycles. The van der Waals surface area contributed by atoms with Gasteiger partial charge in [0.05, 0.1) is 10.6 Å². The molecule has 0 bridgehead atoms. The molecule has 3 heterocycles. The van der Waals surface area contributed by atoms with Gasteiger partial charge in [-0.3, -0.25) is 0 Å². The summed E-state index contributed by atoms with van der Waals surface area (Å²) in [6.07, 6.45) is 5.97. The van der Waals surface area contributed by atoms with Gasteiger partial charge < -0.3 is 14.4 Å². The monoisotopic (exact) mass is 400 g/mol. The van der Waals surface area contributed by atoms with Crippen molar-refractivity contribution in [3.63, 3.8) is 0 Å². The Labute approximate surface area is 161 Å². The molecule has 0 aromatic carbocycles. The number of aromatic nitrogens is 5. The molecule has 134 valence electrons. The van der Waals surface area contributed by atoms with Gasteiger partial charge >= 0.3 is 0 Å². The Kier molecular flexibility index (Phi) is 6.83. The fraction of sp³-hybridized carbons (Fsp3) is 0.333. The molecule has 3 rings (SSSR count). The van der Waals surface area contributed by atoms with Gasteiger partial charge in [0, 0.05) is 38.1 Å². The number of halogens is 2. The Hall–Kier alpha value is -1.61. The van der Waals surface area contributed by atoms with Gasteiger partial charge in [0.15, 0.2) is 11.0 Å². The summed E-state index contributed by atoms with van der Waals surface area (Å²) >= 11 is 7.74. The average molecular weight is 401 g/mol. The van der Waals surface area contributed by atoms with Crippen molar-refractivity contribution in [3.05, 3.63) is 35.5 Å². The van der Waals surface area contributed by atoms with Gasteiger partial charge in [0.25, 0.3) is 5.89 Å². The van der Waals surface area contributed by atoms with Gasteiger partial charge in [-0.1, -0.05) is 16.8 Å². The number of hydrogen-bond acceptors (Lipinski definition) is 7. The summed E-state index contributed by atoms with van der Waals surface area (Å²) < 4.78 is 7.21. The molecule has 3 aromatic rings. The molecule has 0 saturated heterocycles. The van der Waals surface area contributed by atoms with Crippen molar-refractivity contribution in [1.82, 2.24) is 30.0 Å². The summed E-state index contributed by atoms with van der Waals surface area (Å²) in [5, 5.41) is 9.14. The number of pyridine rings is 1. The first-order valence-electron chi connectivity index (χ1n) is 7.37. The van der Waals surface area contributed by atoms with E-state index in [0.29, 0.717) is 33.7 Å². The minimum Gasteiger partial charge on any atom is -0.334 e. The second-order valence-electron chi connectivity index (χ2n) is 5.34. The number of hydrogen-bond donors (Lipinski definition) is 1. The predicted molar refractivity (Wildman–Crippen MR) is 99.3 cm³/mol. The van der Waals surface area contributed by atoms with Crippen LogP contribution in [0.4, 0.5) is 0 Å². The van der Waals surface area contributed by atoms with Gasteiger partial charge in [-0.25, -0.2) is 9.97 Å². The number of nitrogens with one attached hydrogen (secondary N) is 1. The normalized spacial score (nSPS) is 12.0. The molecule has 0 fully saturated rings. The maximum atomic E-state index is 6.34. The molecule has 0 spiro atoms. The minimum atomic E-state index is 0. The first kappa shape index (κ1) is 19.7. The second kappa shape index (κ2) is 8.66. The molecule has 3 aromatic heterocycles. The Morgan fingerprint density at radius 1 is 1.40 bits per heavy atom. The van der Waals surface area contributed by atoms with E-state index in [1.807, 2.05) is 24.9 Å². The van der Waals surface area contributed by atoms with Crippen LogP contribution in [0.2, 0.25) is 5.02 Å². The van der Waals surface area contributed by atoms with E-state index in [1.54, 1.807) is 18.5 Å². The Morgan fingerprint density at radius 2 is 2.20 bits per heavy atom. The van der Waals surface area contributed by atoms with E-state index in [-0.39, 0.29) is 18.4 Å². The SMILES string of the molecule is CNC(C)Cc1noc(-c2cnc(Sc3nccn3C)c(Cl)c2)n1.Cl. The molecule has 7 nitrogen and oxygen atoms in total. The van der Waals surface area contributed by atoms with Crippen LogP contribution in [0.1, 0.15) is 12.7 Å². The molecule has 0 radical (unpaired) electrons. The van der Waals surface area contributed by atoms with Gasteiger partial charge in [0.1, 0.15) is 5.03 Å². The predicted octanol–water partition coefficient (Wildman–Crippen LogP) is 3.24. The summed E-state index contributed by atoms with van der Waals surface area (Å²) in [5.41, 5.74) is 0.694. The van der Waals surface area contributed by atoms with Crippen LogP contribution in [0.3, 0.4) is 0 Å². The van der Waals surface area contributed by atoms with E-state index in [9.17, 15) is 0 Å². The van der Waals surface area contributed by atoms with E-state index >= 15 is 0 Å². The Bertz CT molecular complexity index is 837. The van der Waals surface area contributed by atoms with Crippen LogP contribution < -0.4 is 5.32 Å². The summed E-state index contributed by atoms with van der Waals surface area (Å²) in [4.78, 5) is 13.0. The fourth-order valence-corrected chi connectivity index (χ4v) is 3.02. The molecule has 1 N–H and O–H groups in total. The van der Waals surface area contributed by atoms with E-state index in [0.717, 1.165) is 5.16 Å². The highest BCUT2D eigenvalue weighted by atomic mass is 35.5. The molecule has 0 saturated carbocycles. The van der Waals surface area contributed by atoms with Crippen molar-refractivity contribution in [3.8, 4) is 11.5 Å². The zero-order valence-electron chi connectivity index (χ0n) is 13.9. The van der Waals surface area contributed by atoms with E-state index in [2.05, 4.69) is 32.3 Å². The van der Waals surface area contributed by atoms with Gasteiger partial charge in [-0.05, 0) is 31.8 Å². The molecule has 1 unspecified atom stereocenters. The Balaban J connectivity index is 0.00000225. The fourth-order valence-electron chi connectivity index (χ4n) is 1.98.